The van der Waals surface area contributed by atoms with Gasteiger partial charge in [-0.3, -0.25) is 4.79 Å². The number of nitrogen functional groups attached to an aromatic ring is 1. The predicted octanol–water partition coefficient (Wildman–Crippen LogP) is 2.92. The Labute approximate surface area is 124 Å². The minimum atomic E-state index is -0.0322. The number of benzene rings is 2. The van der Waals surface area contributed by atoms with Crippen LogP contribution in [0.15, 0.2) is 54.6 Å². The van der Waals surface area contributed by atoms with E-state index in [1.54, 1.807) is 12.1 Å². The highest BCUT2D eigenvalue weighted by atomic mass is 16.5. The fourth-order valence-electron chi connectivity index (χ4n) is 2.00. The first kappa shape index (κ1) is 14.9. The molecule has 0 radical (unpaired) electrons. The first-order valence-electron chi connectivity index (χ1n) is 6.98. The zero-order chi connectivity index (χ0) is 15.1. The van der Waals surface area contributed by atoms with E-state index in [4.69, 9.17) is 10.5 Å². The van der Waals surface area contributed by atoms with E-state index >= 15 is 0 Å². The summed E-state index contributed by atoms with van der Waals surface area (Å²) in [4.78, 5) is 11.9. The van der Waals surface area contributed by atoms with Gasteiger partial charge in [0.05, 0.1) is 19.1 Å². The maximum absolute atomic E-state index is 11.9. The maximum Gasteiger partial charge on any atom is 0.223 e. The molecule has 0 saturated heterocycles. The van der Waals surface area contributed by atoms with Crippen molar-refractivity contribution >= 4 is 11.6 Å². The number of nitrogens with one attached hydrogen (secondary N) is 1. The lowest BCUT2D eigenvalue weighted by Crippen LogP contribution is -2.27. The Morgan fingerprint density at radius 2 is 1.95 bits per heavy atom. The van der Waals surface area contributed by atoms with E-state index in [1.807, 2.05) is 49.4 Å². The Morgan fingerprint density at radius 1 is 1.19 bits per heavy atom. The second kappa shape index (κ2) is 7.33. The molecule has 0 aliphatic carbocycles. The molecule has 0 aliphatic rings. The fourth-order valence-corrected chi connectivity index (χ4v) is 2.00. The standard InChI is InChI=1S/C17H20N2O2/c1-13(14-6-3-2-4-7-14)19-17(20)10-11-21-16-9-5-8-15(18)12-16/h2-9,12-13H,10-11,18H2,1H3,(H,19,20)/t13-/m0/s1. The van der Waals surface area contributed by atoms with Gasteiger partial charge >= 0.3 is 0 Å². The Balaban J connectivity index is 1.75. The summed E-state index contributed by atoms with van der Waals surface area (Å²) in [6.07, 6.45) is 0.311. The minimum Gasteiger partial charge on any atom is -0.493 e. The summed E-state index contributed by atoms with van der Waals surface area (Å²) in [5.41, 5.74) is 7.39. The van der Waals surface area contributed by atoms with Crippen LogP contribution in [0.3, 0.4) is 0 Å². The zero-order valence-corrected chi connectivity index (χ0v) is 12.1. The molecule has 0 heterocycles. The lowest BCUT2D eigenvalue weighted by atomic mass is 10.1. The lowest BCUT2D eigenvalue weighted by molar-refractivity contribution is -0.122. The summed E-state index contributed by atoms with van der Waals surface area (Å²) in [7, 11) is 0. The van der Waals surface area contributed by atoms with Gasteiger partial charge in [0.2, 0.25) is 5.91 Å². The Hall–Kier alpha value is -2.49. The highest BCUT2D eigenvalue weighted by molar-refractivity contribution is 5.76. The molecule has 0 bridgehead atoms. The molecule has 0 saturated carbocycles. The van der Waals surface area contributed by atoms with E-state index in [9.17, 15) is 4.79 Å². The van der Waals surface area contributed by atoms with E-state index < -0.39 is 0 Å². The van der Waals surface area contributed by atoms with Crippen LogP contribution in [0.2, 0.25) is 0 Å². The third-order valence-electron chi connectivity index (χ3n) is 3.13. The quantitative estimate of drug-likeness (QED) is 0.802. The van der Waals surface area contributed by atoms with Gasteiger partial charge in [-0.15, -0.1) is 0 Å². The molecule has 0 aromatic heterocycles. The second-order valence-electron chi connectivity index (χ2n) is 4.87. The van der Waals surface area contributed by atoms with E-state index in [2.05, 4.69) is 5.32 Å². The van der Waals surface area contributed by atoms with Gasteiger partial charge in [0.25, 0.3) is 0 Å². The van der Waals surface area contributed by atoms with E-state index in [1.165, 1.54) is 0 Å². The minimum absolute atomic E-state index is 0.00827. The molecular weight excluding hydrogens is 264 g/mol. The number of hydrogen-bond donors (Lipinski definition) is 2. The maximum atomic E-state index is 11.9. The van der Waals surface area contributed by atoms with E-state index in [0.717, 1.165) is 5.56 Å². The van der Waals surface area contributed by atoms with Crippen LogP contribution >= 0.6 is 0 Å². The molecule has 2 aromatic carbocycles. The monoisotopic (exact) mass is 284 g/mol. The zero-order valence-electron chi connectivity index (χ0n) is 12.1. The van der Waals surface area contributed by atoms with Crippen LogP contribution in [0, 0.1) is 0 Å². The third-order valence-corrected chi connectivity index (χ3v) is 3.13. The predicted molar refractivity (Wildman–Crippen MR) is 84.0 cm³/mol. The van der Waals surface area contributed by atoms with Crippen LogP contribution in [0.4, 0.5) is 5.69 Å². The summed E-state index contributed by atoms with van der Waals surface area (Å²) in [5, 5.41) is 2.95. The Morgan fingerprint density at radius 3 is 2.67 bits per heavy atom. The molecule has 2 rings (SSSR count). The summed E-state index contributed by atoms with van der Waals surface area (Å²) in [6, 6.07) is 17.0. The topological polar surface area (TPSA) is 64.3 Å². The van der Waals surface area contributed by atoms with Crippen molar-refractivity contribution in [2.24, 2.45) is 0 Å². The number of rotatable bonds is 6. The van der Waals surface area contributed by atoms with Crippen LogP contribution < -0.4 is 15.8 Å². The number of hydrogen-bond acceptors (Lipinski definition) is 3. The number of ether oxygens (including phenoxy) is 1. The van der Waals surface area contributed by atoms with Crippen molar-refractivity contribution in [2.45, 2.75) is 19.4 Å². The van der Waals surface area contributed by atoms with Crippen molar-refractivity contribution in [3.8, 4) is 5.75 Å². The first-order chi connectivity index (χ1) is 10.1. The van der Waals surface area contributed by atoms with Crippen LogP contribution in [0.5, 0.6) is 5.75 Å². The smallest absolute Gasteiger partial charge is 0.223 e. The molecular formula is C17H20N2O2. The van der Waals surface area contributed by atoms with Gasteiger partial charge in [-0.25, -0.2) is 0 Å². The van der Waals surface area contributed by atoms with Crippen LogP contribution in [-0.2, 0) is 4.79 Å². The summed E-state index contributed by atoms with van der Waals surface area (Å²) < 4.78 is 5.50. The van der Waals surface area contributed by atoms with Gasteiger partial charge < -0.3 is 15.8 Å². The van der Waals surface area contributed by atoms with Gasteiger partial charge in [-0.05, 0) is 24.6 Å². The fraction of sp³-hybridized carbons (Fsp3) is 0.235. The van der Waals surface area contributed by atoms with E-state index in [0.29, 0.717) is 24.5 Å². The average molecular weight is 284 g/mol. The summed E-state index contributed by atoms with van der Waals surface area (Å²) >= 11 is 0. The van der Waals surface area contributed by atoms with E-state index in [-0.39, 0.29) is 11.9 Å². The summed E-state index contributed by atoms with van der Waals surface area (Å²) in [5.74, 6) is 0.647. The van der Waals surface area contributed by atoms with Crippen molar-refractivity contribution in [3.63, 3.8) is 0 Å². The largest absolute Gasteiger partial charge is 0.493 e. The van der Waals surface area contributed by atoms with Gasteiger partial charge in [-0.1, -0.05) is 36.4 Å². The molecule has 1 atom stereocenters. The second-order valence-corrected chi connectivity index (χ2v) is 4.87. The summed E-state index contributed by atoms with van der Waals surface area (Å²) in [6.45, 7) is 2.29. The van der Waals surface area contributed by atoms with Crippen LogP contribution in [0.1, 0.15) is 24.9 Å². The number of anilines is 1. The van der Waals surface area contributed by atoms with Crippen molar-refractivity contribution < 1.29 is 9.53 Å². The Bertz CT molecular complexity index is 584. The number of nitrogens with two attached hydrogens (primary N) is 1. The molecule has 2 aromatic rings. The van der Waals surface area contributed by atoms with Crippen molar-refractivity contribution in [3.05, 3.63) is 60.2 Å². The highest BCUT2D eigenvalue weighted by Gasteiger charge is 2.09. The molecule has 110 valence electrons. The molecule has 0 spiro atoms. The van der Waals surface area contributed by atoms with Gasteiger partial charge in [-0.2, -0.15) is 0 Å². The molecule has 21 heavy (non-hydrogen) atoms. The molecule has 4 heteroatoms. The van der Waals surface area contributed by atoms with Crippen molar-refractivity contribution in [2.75, 3.05) is 12.3 Å². The Kier molecular flexibility index (Phi) is 5.21. The van der Waals surface area contributed by atoms with Crippen LogP contribution in [0.25, 0.3) is 0 Å². The van der Waals surface area contributed by atoms with Gasteiger partial charge in [0.1, 0.15) is 5.75 Å². The molecule has 0 fully saturated rings. The number of amides is 1. The van der Waals surface area contributed by atoms with Gasteiger partial charge in [0, 0.05) is 11.8 Å². The third kappa shape index (κ3) is 4.84. The van der Waals surface area contributed by atoms with Gasteiger partial charge in [0.15, 0.2) is 0 Å². The number of carbonyl (C=O) groups excluding carboxylic acids is 1. The molecule has 4 nitrogen and oxygen atoms in total. The molecule has 3 N–H and O–H groups in total. The van der Waals surface area contributed by atoms with Crippen molar-refractivity contribution in [1.29, 1.82) is 0 Å². The lowest BCUT2D eigenvalue weighted by Gasteiger charge is -2.14. The normalized spacial score (nSPS) is 11.7. The first-order valence-corrected chi connectivity index (χ1v) is 6.98. The SMILES string of the molecule is C[C@H](NC(=O)CCOc1cccc(N)c1)c1ccccc1. The molecule has 0 unspecified atom stereocenters. The highest BCUT2D eigenvalue weighted by Crippen LogP contribution is 2.15. The molecule has 0 aliphatic heterocycles. The average Bonchev–Trinajstić information content (AvgIpc) is 2.48. The molecule has 1 amide bonds. The van der Waals surface area contributed by atoms with Crippen LogP contribution in [-0.4, -0.2) is 12.5 Å². The van der Waals surface area contributed by atoms with Crippen molar-refractivity contribution in [1.82, 2.24) is 5.32 Å². The number of carbonyl (C=O) groups is 1.